The quantitative estimate of drug-likeness (QED) is 0.894. The fourth-order valence-corrected chi connectivity index (χ4v) is 2.31. The predicted molar refractivity (Wildman–Crippen MR) is 69.1 cm³/mol. The van der Waals surface area contributed by atoms with E-state index < -0.39 is 18.8 Å². The lowest BCUT2D eigenvalue weighted by atomic mass is 10.00. The molecule has 4 nitrogen and oxygen atoms in total. The summed E-state index contributed by atoms with van der Waals surface area (Å²) < 4.78 is 12.4. The second-order valence-corrected chi connectivity index (χ2v) is 4.62. The maximum absolute atomic E-state index is 12.4. The van der Waals surface area contributed by atoms with Crippen LogP contribution in [0.4, 0.5) is 4.39 Å². The average molecular weight is 264 g/mol. The minimum absolute atomic E-state index is 0.165. The monoisotopic (exact) mass is 264 g/mol. The van der Waals surface area contributed by atoms with Crippen LogP contribution in [0.5, 0.6) is 0 Å². The Labute approximate surface area is 111 Å². The van der Waals surface area contributed by atoms with Gasteiger partial charge in [-0.3, -0.25) is 14.0 Å². The van der Waals surface area contributed by atoms with E-state index in [9.17, 15) is 14.0 Å². The molecule has 1 aliphatic rings. The Morgan fingerprint density at radius 2 is 1.95 bits per heavy atom. The number of nitrogens with one attached hydrogen (secondary N) is 1. The first kappa shape index (κ1) is 13.5. The average Bonchev–Trinajstić information content (AvgIpc) is 2.42. The highest BCUT2D eigenvalue weighted by atomic mass is 19.1. The van der Waals surface area contributed by atoms with E-state index in [1.807, 2.05) is 18.2 Å². The van der Waals surface area contributed by atoms with Gasteiger partial charge in [0.05, 0.1) is 6.67 Å². The summed E-state index contributed by atoms with van der Waals surface area (Å²) in [6.07, 6.45) is 0.245. The van der Waals surface area contributed by atoms with Crippen LogP contribution in [0, 0.1) is 0 Å². The minimum atomic E-state index is -0.656. The van der Waals surface area contributed by atoms with Gasteiger partial charge in [-0.1, -0.05) is 30.3 Å². The predicted octanol–water partition coefficient (Wildman–Crippen LogP) is 1.43. The van der Waals surface area contributed by atoms with Crippen LogP contribution in [-0.2, 0) is 9.59 Å². The molecule has 102 valence electrons. The minimum Gasteiger partial charge on any atom is -0.342 e. The zero-order valence-electron chi connectivity index (χ0n) is 10.8. The second-order valence-electron chi connectivity index (χ2n) is 4.62. The largest absolute Gasteiger partial charge is 0.342 e. The van der Waals surface area contributed by atoms with Gasteiger partial charge < -0.3 is 10.2 Å². The van der Waals surface area contributed by atoms with Crippen molar-refractivity contribution in [3.63, 3.8) is 0 Å². The fraction of sp³-hybridized carbons (Fsp3) is 0.429. The van der Waals surface area contributed by atoms with E-state index in [1.165, 1.54) is 4.90 Å². The maximum Gasteiger partial charge on any atom is 0.248 e. The van der Waals surface area contributed by atoms with Crippen LogP contribution in [0.2, 0.25) is 0 Å². The third kappa shape index (κ3) is 2.75. The van der Waals surface area contributed by atoms with Crippen LogP contribution in [0.15, 0.2) is 30.3 Å². The van der Waals surface area contributed by atoms with Gasteiger partial charge in [0, 0.05) is 6.54 Å². The lowest BCUT2D eigenvalue weighted by Gasteiger charge is -2.38. The van der Waals surface area contributed by atoms with Crippen LogP contribution in [-0.4, -0.2) is 36.0 Å². The van der Waals surface area contributed by atoms with Gasteiger partial charge in [0.2, 0.25) is 11.8 Å². The van der Waals surface area contributed by atoms with E-state index in [0.717, 1.165) is 5.56 Å². The van der Waals surface area contributed by atoms with E-state index in [0.29, 0.717) is 0 Å². The fourth-order valence-electron chi connectivity index (χ4n) is 2.31. The highest BCUT2D eigenvalue weighted by Gasteiger charge is 2.38. The summed E-state index contributed by atoms with van der Waals surface area (Å²) in [6, 6.07) is 7.88. The van der Waals surface area contributed by atoms with Crippen molar-refractivity contribution < 1.29 is 14.0 Å². The Hall–Kier alpha value is -1.91. The van der Waals surface area contributed by atoms with Crippen molar-refractivity contribution in [3.8, 4) is 0 Å². The molecule has 2 amide bonds. The molecule has 2 rings (SSSR count). The van der Waals surface area contributed by atoms with Crippen LogP contribution in [0.3, 0.4) is 0 Å². The van der Waals surface area contributed by atoms with Gasteiger partial charge in [0.15, 0.2) is 0 Å². The number of halogens is 1. The summed E-state index contributed by atoms with van der Waals surface area (Å²) >= 11 is 0. The smallest absolute Gasteiger partial charge is 0.248 e. The summed E-state index contributed by atoms with van der Waals surface area (Å²) in [5, 5.41) is 2.66. The number of hydrogen-bond acceptors (Lipinski definition) is 2. The van der Waals surface area contributed by atoms with Gasteiger partial charge in [-0.05, 0) is 18.9 Å². The Kier molecular flexibility index (Phi) is 4.14. The third-order valence-electron chi connectivity index (χ3n) is 3.22. The molecule has 1 aromatic rings. The first-order valence-corrected chi connectivity index (χ1v) is 6.37. The molecule has 1 N–H and O–H groups in total. The molecule has 1 fully saturated rings. The lowest BCUT2D eigenvalue weighted by molar-refractivity contribution is -0.149. The van der Waals surface area contributed by atoms with E-state index in [4.69, 9.17) is 0 Å². The molecule has 1 saturated heterocycles. The van der Waals surface area contributed by atoms with Gasteiger partial charge in [-0.15, -0.1) is 0 Å². The number of amides is 2. The molecule has 0 aliphatic carbocycles. The van der Waals surface area contributed by atoms with Crippen molar-refractivity contribution in [1.29, 1.82) is 0 Å². The molecule has 2 unspecified atom stereocenters. The number of hydrogen-bond donors (Lipinski definition) is 1. The van der Waals surface area contributed by atoms with Crippen molar-refractivity contribution in [2.24, 2.45) is 0 Å². The van der Waals surface area contributed by atoms with Crippen molar-refractivity contribution >= 4 is 11.8 Å². The molecule has 1 heterocycles. The number of alkyl halides is 1. The van der Waals surface area contributed by atoms with Crippen LogP contribution >= 0.6 is 0 Å². The Bertz CT molecular complexity index is 464. The molecule has 19 heavy (non-hydrogen) atoms. The van der Waals surface area contributed by atoms with Crippen LogP contribution < -0.4 is 5.32 Å². The Morgan fingerprint density at radius 3 is 2.58 bits per heavy atom. The first-order valence-electron chi connectivity index (χ1n) is 6.37. The Balaban J connectivity index is 2.30. The normalized spacial score (nSPS) is 23.4. The third-order valence-corrected chi connectivity index (χ3v) is 3.22. The van der Waals surface area contributed by atoms with Crippen molar-refractivity contribution in [2.75, 3.05) is 13.2 Å². The molecule has 1 aliphatic heterocycles. The number of nitrogens with zero attached hydrogens (tertiary/aromatic N) is 1. The SMILES string of the molecule is CC1NC(=O)C(c2ccccc2)N(CCCF)C1=O. The molecular formula is C14H17FN2O2. The molecule has 0 radical (unpaired) electrons. The molecule has 1 aromatic carbocycles. The molecule has 0 bridgehead atoms. The molecular weight excluding hydrogens is 247 g/mol. The summed E-state index contributed by atoms with van der Waals surface area (Å²) in [5.74, 6) is -0.376. The highest BCUT2D eigenvalue weighted by Crippen LogP contribution is 2.25. The van der Waals surface area contributed by atoms with Gasteiger partial charge >= 0.3 is 0 Å². The number of rotatable bonds is 4. The molecule has 5 heteroatoms. The standard InChI is InChI=1S/C14H17FN2O2/c1-10-14(19)17(9-5-8-15)12(13(18)16-10)11-6-3-2-4-7-11/h2-4,6-7,10,12H,5,8-9H2,1H3,(H,16,18). The molecule has 0 saturated carbocycles. The highest BCUT2D eigenvalue weighted by molar-refractivity contribution is 5.97. The maximum atomic E-state index is 12.4. The zero-order chi connectivity index (χ0) is 13.8. The lowest BCUT2D eigenvalue weighted by Crippen LogP contribution is -2.58. The van der Waals surface area contributed by atoms with Crippen molar-refractivity contribution in [2.45, 2.75) is 25.4 Å². The Morgan fingerprint density at radius 1 is 1.26 bits per heavy atom. The second kappa shape index (κ2) is 5.82. The number of carbonyl (C=O) groups is 2. The molecule has 2 atom stereocenters. The first-order chi connectivity index (χ1) is 9.15. The van der Waals surface area contributed by atoms with E-state index in [-0.39, 0.29) is 24.8 Å². The molecule has 0 aromatic heterocycles. The van der Waals surface area contributed by atoms with Crippen LogP contribution in [0.25, 0.3) is 0 Å². The number of carbonyl (C=O) groups excluding carboxylic acids is 2. The van der Waals surface area contributed by atoms with E-state index in [2.05, 4.69) is 5.32 Å². The van der Waals surface area contributed by atoms with Gasteiger partial charge in [0.25, 0.3) is 0 Å². The molecule has 0 spiro atoms. The summed E-state index contributed by atoms with van der Waals surface area (Å²) in [7, 11) is 0. The van der Waals surface area contributed by atoms with Gasteiger partial charge in [-0.2, -0.15) is 0 Å². The topological polar surface area (TPSA) is 49.4 Å². The summed E-state index contributed by atoms with van der Waals surface area (Å²) in [4.78, 5) is 25.7. The van der Waals surface area contributed by atoms with Gasteiger partial charge in [0.1, 0.15) is 12.1 Å². The number of piperazine rings is 1. The summed E-state index contributed by atoms with van der Waals surface area (Å²) in [6.45, 7) is 1.40. The van der Waals surface area contributed by atoms with E-state index in [1.54, 1.807) is 19.1 Å². The van der Waals surface area contributed by atoms with Crippen LogP contribution in [0.1, 0.15) is 24.9 Å². The van der Waals surface area contributed by atoms with E-state index >= 15 is 0 Å². The summed E-state index contributed by atoms with van der Waals surface area (Å²) in [5.41, 5.74) is 0.749. The zero-order valence-corrected chi connectivity index (χ0v) is 10.8. The van der Waals surface area contributed by atoms with Gasteiger partial charge in [-0.25, -0.2) is 0 Å². The number of benzene rings is 1. The van der Waals surface area contributed by atoms with Crippen molar-refractivity contribution in [3.05, 3.63) is 35.9 Å². The van der Waals surface area contributed by atoms with Crippen molar-refractivity contribution in [1.82, 2.24) is 10.2 Å².